The van der Waals surface area contributed by atoms with E-state index in [-0.39, 0.29) is 111 Å². The average Bonchev–Trinajstić information content (AvgIpc) is 0.839. The zero-order valence-corrected chi connectivity index (χ0v) is 79.7. The van der Waals surface area contributed by atoms with Crippen LogP contribution in [0.4, 0.5) is 0 Å². The molecule has 12 aromatic rings. The van der Waals surface area contributed by atoms with Crippen molar-refractivity contribution in [1.29, 1.82) is 10.5 Å². The van der Waals surface area contributed by atoms with Crippen molar-refractivity contribution in [3.05, 3.63) is 390 Å². The maximum Gasteiger partial charge on any atom is 1.00 e. The Hall–Kier alpha value is -9.22. The largest absolute Gasteiger partial charge is 1.00 e. The van der Waals surface area contributed by atoms with E-state index >= 15 is 0 Å². The number of nitrogens with zero attached hydrogens (tertiary/aromatic N) is 2. The van der Waals surface area contributed by atoms with Crippen LogP contribution in [0, 0.1) is 141 Å². The molecule has 0 aromatic heterocycles. The third-order valence-electron chi connectivity index (χ3n) is 14.7. The first-order valence-corrected chi connectivity index (χ1v) is 43.4. The number of hydrogen-bond acceptors (Lipinski definition) is 2. The van der Waals surface area contributed by atoms with E-state index in [4.69, 9.17) is 36.2 Å². The first kappa shape index (κ1) is 111. The van der Waals surface area contributed by atoms with Crippen LogP contribution in [0.25, 0.3) is 0 Å². The van der Waals surface area contributed by atoms with Gasteiger partial charge in [0.05, 0.1) is 43.8 Å². The van der Waals surface area contributed by atoms with Crippen molar-refractivity contribution in [2.24, 2.45) is 21.7 Å². The summed E-state index contributed by atoms with van der Waals surface area (Å²) in [7, 11) is -3.51. The molecule has 0 aliphatic heterocycles. The minimum atomic E-state index is -0.877. The Morgan fingerprint density at radius 1 is 0.186 bits per heavy atom. The Balaban J connectivity index is 0. The minimum Gasteiger partial charge on any atom is -0.358 e. The van der Waals surface area contributed by atoms with Crippen LogP contribution in [0.15, 0.2) is 364 Å². The molecule has 0 aliphatic carbocycles. The zero-order valence-electron chi connectivity index (χ0n) is 69.7. The van der Waals surface area contributed by atoms with Gasteiger partial charge in [-0.1, -0.05) is 301 Å². The molecule has 0 saturated carbocycles. The van der Waals surface area contributed by atoms with Gasteiger partial charge in [0, 0.05) is 35.5 Å². The fraction of sp³-hybridized carbons (Fsp3) is 0.167. The zero-order chi connectivity index (χ0) is 83.6. The Bertz CT molecular complexity index is 4120. The van der Waals surface area contributed by atoms with Crippen molar-refractivity contribution in [1.82, 2.24) is 0 Å². The molecule has 608 valence electrons. The van der Waals surface area contributed by atoms with Gasteiger partial charge in [-0.3, -0.25) is 47.4 Å². The molecule has 118 heavy (non-hydrogen) atoms. The fourth-order valence-electron chi connectivity index (χ4n) is 10.1. The first-order chi connectivity index (χ1) is 54.9. The third-order valence-corrected chi connectivity index (χ3v) is 25.7. The van der Waals surface area contributed by atoms with Crippen LogP contribution in [-0.2, 0) is 89.5 Å². The van der Waals surface area contributed by atoms with Crippen molar-refractivity contribution >= 4 is 95.3 Å². The van der Waals surface area contributed by atoms with E-state index < -0.39 is 31.7 Å². The van der Waals surface area contributed by atoms with Crippen molar-refractivity contribution in [2.45, 2.75) is 96.9 Å². The average molecular weight is 1990 g/mol. The molecule has 0 bridgehead atoms. The Morgan fingerprint density at radius 3 is 0.314 bits per heavy atom. The molecule has 0 atom stereocenters. The molecule has 0 aliphatic rings. The second-order valence-corrected chi connectivity index (χ2v) is 38.8. The van der Waals surface area contributed by atoms with Crippen LogP contribution < -0.4 is 63.7 Å². The van der Waals surface area contributed by atoms with Crippen LogP contribution in [0.3, 0.4) is 0 Å². The summed E-state index contributed by atoms with van der Waals surface area (Å²) in [4.78, 5) is 0. The summed E-state index contributed by atoms with van der Waals surface area (Å²) in [6.07, 6.45) is 25.8. The molecule has 0 unspecified atom stereocenters. The van der Waals surface area contributed by atoms with E-state index in [0.29, 0.717) is 0 Å². The molecule has 0 spiro atoms. The van der Waals surface area contributed by atoms with Gasteiger partial charge < -0.3 is 25.7 Å². The van der Waals surface area contributed by atoms with E-state index in [0.717, 1.165) is 0 Å². The first-order valence-electron chi connectivity index (χ1n) is 37.4. The van der Waals surface area contributed by atoms with Crippen LogP contribution in [0.1, 0.15) is 96.9 Å². The van der Waals surface area contributed by atoms with Gasteiger partial charge in [0.15, 0.2) is 0 Å². The van der Waals surface area contributed by atoms with E-state index in [9.17, 15) is 0 Å². The van der Waals surface area contributed by atoms with Gasteiger partial charge in [-0.2, -0.15) is 10.5 Å². The number of benzene rings is 12. The van der Waals surface area contributed by atoms with Gasteiger partial charge >= 0.3 is 89.5 Å². The smallest absolute Gasteiger partial charge is 0.358 e. The van der Waals surface area contributed by atoms with E-state index in [1.165, 1.54) is 77.5 Å². The van der Waals surface area contributed by atoms with E-state index in [1.54, 1.807) is 12.1 Å². The summed E-state index contributed by atoms with van der Waals surface area (Å²) in [6.45, 7) is 26.8. The topological polar surface area (TPSA) is 47.6 Å². The monoisotopic (exact) mass is 1980 g/mol. The van der Waals surface area contributed by atoms with Gasteiger partial charge in [-0.15, -0.1) is 0 Å². The second kappa shape index (κ2) is 65.7. The standard InChI is InChI=1S/4C18H15P.4C8H9.2C2H3N.4Ag/c4*1-4-10-16(11-5-1)19(17-12-6-2-7-13-17)18-14-8-3-9-15-18;4*1-5-6-7-8(2,3)4;2*1-2-3;;;;/h4*1-15H;4*2-4H3;2*1H3;;;;/q;;;;4*-1;;;4*+1/p+4. The molecular weight excluding hydrogens is 1880 g/mol. The minimum absolute atomic E-state index is 0. The number of hydrogen-bond donors (Lipinski definition) is 0. The van der Waals surface area contributed by atoms with Gasteiger partial charge in [-0.25, -0.2) is 23.7 Å². The van der Waals surface area contributed by atoms with Crippen molar-refractivity contribution in [3.8, 4) is 83.2 Å². The maximum absolute atomic E-state index is 7.32. The SMILES string of the molecule is CC#N.CC#N.[Ag+].[Ag+].[Ag+].[Ag+].[C-]#CC#CC(C)(C)C.[C-]#CC#CC(C)(C)C.[C-]#CC#CC(C)(C)C.[C-]#CC#CC(C)(C)C.c1ccc([PH+](c2ccccc2)c2ccccc2)cc1.c1ccc([PH+](c2ccccc2)c2ccccc2)cc1.c1ccc([PH+](c2ccccc2)c2ccccc2)cc1.c1ccc([PH+](c2ccccc2)c2ccccc2)cc1. The summed E-state index contributed by atoms with van der Waals surface area (Å²) >= 11 is 0. The van der Waals surface area contributed by atoms with E-state index in [2.05, 4.69) is 411 Å². The van der Waals surface area contributed by atoms with Gasteiger partial charge in [0.25, 0.3) is 0 Å². The molecule has 12 aromatic carbocycles. The molecule has 0 amide bonds. The van der Waals surface area contributed by atoms with Crippen molar-refractivity contribution in [2.75, 3.05) is 0 Å². The fourth-order valence-corrected chi connectivity index (χ4v) is 20.4. The van der Waals surface area contributed by atoms with Crippen LogP contribution in [-0.4, -0.2) is 0 Å². The Kier molecular flexibility index (Phi) is 61.7. The molecule has 0 radical (unpaired) electrons. The normalized spacial score (nSPS) is 9.32. The van der Waals surface area contributed by atoms with Gasteiger partial charge in [0.1, 0.15) is 63.7 Å². The Morgan fingerprint density at radius 2 is 0.263 bits per heavy atom. The number of rotatable bonds is 12. The molecule has 2 nitrogen and oxygen atoms in total. The van der Waals surface area contributed by atoms with Gasteiger partial charge in [-0.05, 0) is 146 Å². The molecular formula is C108H106Ag4N2P4+4. The van der Waals surface area contributed by atoms with Crippen LogP contribution >= 0.6 is 31.7 Å². The number of nitriles is 2. The van der Waals surface area contributed by atoms with Crippen LogP contribution in [0.2, 0.25) is 0 Å². The van der Waals surface area contributed by atoms with Crippen molar-refractivity contribution < 1.29 is 89.5 Å². The predicted octanol–water partition coefficient (Wildman–Crippen LogP) is 20.3. The van der Waals surface area contributed by atoms with Crippen LogP contribution in [0.5, 0.6) is 0 Å². The maximum atomic E-state index is 7.32. The summed E-state index contributed by atoms with van der Waals surface area (Å²) in [5.41, 5.74) is 0.0319. The quantitative estimate of drug-likeness (QED) is 0.0530. The summed E-state index contributed by atoms with van der Waals surface area (Å²) in [5, 5.41) is 31.9. The molecule has 0 saturated heterocycles. The molecule has 10 heteroatoms. The Labute approximate surface area is 779 Å². The summed E-state index contributed by atoms with van der Waals surface area (Å²) in [6, 6.07) is 133. The predicted molar refractivity (Wildman–Crippen MR) is 506 cm³/mol. The third kappa shape index (κ3) is 49.9. The summed E-state index contributed by atoms with van der Waals surface area (Å²) < 4.78 is 0. The second-order valence-electron chi connectivity index (χ2n) is 28.8. The van der Waals surface area contributed by atoms with Gasteiger partial charge in [0.2, 0.25) is 0 Å². The molecule has 0 N–H and O–H groups in total. The molecule has 0 heterocycles. The van der Waals surface area contributed by atoms with E-state index in [1.807, 2.05) is 107 Å². The molecule has 12 rings (SSSR count). The van der Waals surface area contributed by atoms with Crippen molar-refractivity contribution in [3.63, 3.8) is 0 Å². The molecule has 0 fully saturated rings. The summed E-state index contributed by atoms with van der Waals surface area (Å²) in [5.74, 6) is 29.2.